The van der Waals surface area contributed by atoms with Gasteiger partial charge in [0.25, 0.3) is 0 Å². The van der Waals surface area contributed by atoms with Crippen molar-refractivity contribution in [3.63, 3.8) is 0 Å². The molecule has 2 nitrogen and oxygen atoms in total. The standard InChI is InChI=1S/C11H12N2S/c1-8-4-3-5-10(6-8)13-11-12-9(2)7-14-11/h3-7H,1-2H3,(H,12,13). The maximum Gasteiger partial charge on any atom is 0.187 e. The molecule has 0 radical (unpaired) electrons. The predicted octanol–water partition coefficient (Wildman–Crippen LogP) is 3.50. The molecule has 0 unspecified atom stereocenters. The molecular formula is C11H12N2S. The lowest BCUT2D eigenvalue weighted by molar-refractivity contribution is 1.26. The van der Waals surface area contributed by atoms with E-state index in [0.717, 1.165) is 16.5 Å². The molecule has 1 heterocycles. The molecule has 2 rings (SSSR count). The number of anilines is 2. The molecular weight excluding hydrogens is 192 g/mol. The Labute approximate surface area is 87.6 Å². The van der Waals surface area contributed by atoms with Crippen molar-refractivity contribution >= 4 is 22.2 Å². The third-order valence-electron chi connectivity index (χ3n) is 1.89. The Morgan fingerprint density at radius 1 is 1.29 bits per heavy atom. The normalized spacial score (nSPS) is 10.1. The summed E-state index contributed by atoms with van der Waals surface area (Å²) in [5.41, 5.74) is 3.41. The maximum atomic E-state index is 4.34. The number of benzene rings is 1. The van der Waals surface area contributed by atoms with Crippen molar-refractivity contribution in [1.82, 2.24) is 4.98 Å². The zero-order chi connectivity index (χ0) is 9.97. The number of thiazole rings is 1. The topological polar surface area (TPSA) is 24.9 Å². The Hall–Kier alpha value is -1.35. The van der Waals surface area contributed by atoms with Crippen molar-refractivity contribution in [2.24, 2.45) is 0 Å². The van der Waals surface area contributed by atoms with Gasteiger partial charge >= 0.3 is 0 Å². The lowest BCUT2D eigenvalue weighted by Crippen LogP contribution is -1.89. The average Bonchev–Trinajstić information content (AvgIpc) is 2.51. The van der Waals surface area contributed by atoms with Crippen LogP contribution in [-0.4, -0.2) is 4.98 Å². The van der Waals surface area contributed by atoms with E-state index < -0.39 is 0 Å². The molecule has 0 saturated carbocycles. The van der Waals surface area contributed by atoms with Crippen LogP contribution in [0.2, 0.25) is 0 Å². The van der Waals surface area contributed by atoms with Crippen LogP contribution in [0.3, 0.4) is 0 Å². The molecule has 1 aromatic heterocycles. The van der Waals surface area contributed by atoms with Gasteiger partial charge in [-0.3, -0.25) is 0 Å². The van der Waals surface area contributed by atoms with Gasteiger partial charge in [0.05, 0.1) is 5.69 Å². The lowest BCUT2D eigenvalue weighted by Gasteiger charge is -2.02. The summed E-state index contributed by atoms with van der Waals surface area (Å²) >= 11 is 1.63. The molecule has 0 spiro atoms. The fourth-order valence-corrected chi connectivity index (χ4v) is 1.97. The highest BCUT2D eigenvalue weighted by Gasteiger charge is 1.98. The first-order valence-corrected chi connectivity index (χ1v) is 5.38. The Morgan fingerprint density at radius 2 is 2.14 bits per heavy atom. The molecule has 0 aliphatic carbocycles. The molecule has 3 heteroatoms. The van der Waals surface area contributed by atoms with Gasteiger partial charge in [-0.25, -0.2) is 4.98 Å². The van der Waals surface area contributed by atoms with E-state index >= 15 is 0 Å². The molecule has 0 saturated heterocycles. The maximum absolute atomic E-state index is 4.34. The average molecular weight is 204 g/mol. The number of aryl methyl sites for hydroxylation is 2. The second-order valence-corrected chi connectivity index (χ2v) is 4.15. The van der Waals surface area contributed by atoms with Gasteiger partial charge in [0.15, 0.2) is 5.13 Å². The molecule has 14 heavy (non-hydrogen) atoms. The Bertz CT molecular complexity index is 434. The minimum absolute atomic E-state index is 0.952. The smallest absolute Gasteiger partial charge is 0.187 e. The van der Waals surface area contributed by atoms with Gasteiger partial charge in [0.2, 0.25) is 0 Å². The van der Waals surface area contributed by atoms with Crippen LogP contribution >= 0.6 is 11.3 Å². The fourth-order valence-electron chi connectivity index (χ4n) is 1.26. The number of hydrogen-bond acceptors (Lipinski definition) is 3. The highest BCUT2D eigenvalue weighted by atomic mass is 32.1. The summed E-state index contributed by atoms with van der Waals surface area (Å²) in [4.78, 5) is 4.34. The van der Waals surface area contributed by atoms with Gasteiger partial charge in [-0.15, -0.1) is 11.3 Å². The van der Waals surface area contributed by atoms with Crippen molar-refractivity contribution in [3.05, 3.63) is 40.9 Å². The van der Waals surface area contributed by atoms with E-state index in [1.165, 1.54) is 5.56 Å². The van der Waals surface area contributed by atoms with E-state index in [4.69, 9.17) is 0 Å². The highest BCUT2D eigenvalue weighted by molar-refractivity contribution is 7.13. The molecule has 2 aromatic rings. The van der Waals surface area contributed by atoms with Crippen LogP contribution in [0.15, 0.2) is 29.6 Å². The number of hydrogen-bond donors (Lipinski definition) is 1. The number of aromatic nitrogens is 1. The van der Waals surface area contributed by atoms with Crippen molar-refractivity contribution in [2.45, 2.75) is 13.8 Å². The van der Waals surface area contributed by atoms with Crippen LogP contribution in [0.1, 0.15) is 11.3 Å². The van der Waals surface area contributed by atoms with Gasteiger partial charge in [-0.1, -0.05) is 12.1 Å². The van der Waals surface area contributed by atoms with Crippen LogP contribution in [-0.2, 0) is 0 Å². The van der Waals surface area contributed by atoms with E-state index in [2.05, 4.69) is 29.4 Å². The molecule has 1 N–H and O–H groups in total. The van der Waals surface area contributed by atoms with E-state index in [-0.39, 0.29) is 0 Å². The summed E-state index contributed by atoms with van der Waals surface area (Å²) in [6.07, 6.45) is 0. The summed E-state index contributed by atoms with van der Waals surface area (Å²) in [7, 11) is 0. The Balaban J connectivity index is 2.18. The van der Waals surface area contributed by atoms with Crippen molar-refractivity contribution in [3.8, 4) is 0 Å². The molecule has 1 aromatic carbocycles. The van der Waals surface area contributed by atoms with Gasteiger partial charge in [-0.05, 0) is 31.5 Å². The quantitative estimate of drug-likeness (QED) is 0.809. The van der Waals surface area contributed by atoms with Gasteiger partial charge in [0.1, 0.15) is 0 Å². The first-order chi connectivity index (χ1) is 6.74. The molecule has 0 bridgehead atoms. The molecule has 72 valence electrons. The van der Waals surface area contributed by atoms with Crippen molar-refractivity contribution < 1.29 is 0 Å². The first-order valence-electron chi connectivity index (χ1n) is 4.50. The van der Waals surface area contributed by atoms with Crippen molar-refractivity contribution in [2.75, 3.05) is 5.32 Å². The minimum atomic E-state index is 0.952. The minimum Gasteiger partial charge on any atom is -0.332 e. The van der Waals surface area contributed by atoms with Crippen LogP contribution in [0.5, 0.6) is 0 Å². The van der Waals surface area contributed by atoms with Gasteiger partial charge in [-0.2, -0.15) is 0 Å². The Morgan fingerprint density at radius 3 is 2.79 bits per heavy atom. The summed E-state index contributed by atoms with van der Waals surface area (Å²) in [6.45, 7) is 4.08. The highest BCUT2D eigenvalue weighted by Crippen LogP contribution is 2.20. The number of nitrogens with zero attached hydrogens (tertiary/aromatic N) is 1. The monoisotopic (exact) mass is 204 g/mol. The predicted molar refractivity (Wildman–Crippen MR) is 61.3 cm³/mol. The largest absolute Gasteiger partial charge is 0.332 e. The van der Waals surface area contributed by atoms with E-state index in [1.807, 2.05) is 24.4 Å². The van der Waals surface area contributed by atoms with E-state index in [1.54, 1.807) is 11.3 Å². The summed E-state index contributed by atoms with van der Waals surface area (Å²) in [5.74, 6) is 0. The van der Waals surface area contributed by atoms with Crippen LogP contribution in [0, 0.1) is 13.8 Å². The van der Waals surface area contributed by atoms with Crippen molar-refractivity contribution in [1.29, 1.82) is 0 Å². The number of nitrogens with one attached hydrogen (secondary N) is 1. The Kier molecular flexibility index (Phi) is 2.50. The van der Waals surface area contributed by atoms with Gasteiger partial charge in [0, 0.05) is 11.1 Å². The fraction of sp³-hybridized carbons (Fsp3) is 0.182. The number of rotatable bonds is 2. The third kappa shape index (κ3) is 2.12. The second-order valence-electron chi connectivity index (χ2n) is 3.29. The second kappa shape index (κ2) is 3.80. The summed E-state index contributed by atoms with van der Waals surface area (Å²) in [5, 5.41) is 6.26. The zero-order valence-corrected chi connectivity index (χ0v) is 9.06. The molecule has 0 aliphatic heterocycles. The van der Waals surface area contributed by atoms with E-state index in [0.29, 0.717) is 0 Å². The zero-order valence-electron chi connectivity index (χ0n) is 8.24. The molecule has 0 amide bonds. The van der Waals surface area contributed by atoms with Crippen LogP contribution < -0.4 is 5.32 Å². The molecule has 0 aliphatic rings. The SMILES string of the molecule is Cc1cccc(Nc2nc(C)cs2)c1. The first kappa shape index (κ1) is 9.21. The molecule has 0 fully saturated rings. The molecule has 0 atom stereocenters. The summed E-state index contributed by atoms with van der Waals surface area (Å²) < 4.78 is 0. The van der Waals surface area contributed by atoms with Gasteiger partial charge < -0.3 is 5.32 Å². The van der Waals surface area contributed by atoms with Crippen LogP contribution in [0.4, 0.5) is 10.8 Å². The third-order valence-corrected chi connectivity index (χ3v) is 2.76. The summed E-state index contributed by atoms with van der Waals surface area (Å²) in [6, 6.07) is 8.27. The lowest BCUT2D eigenvalue weighted by atomic mass is 10.2. The van der Waals surface area contributed by atoms with Crippen LogP contribution in [0.25, 0.3) is 0 Å². The van der Waals surface area contributed by atoms with E-state index in [9.17, 15) is 0 Å².